The van der Waals surface area contributed by atoms with Crippen molar-refractivity contribution in [2.75, 3.05) is 19.6 Å². The van der Waals surface area contributed by atoms with Crippen molar-refractivity contribution in [3.05, 3.63) is 78.1 Å². The summed E-state index contributed by atoms with van der Waals surface area (Å²) < 4.78 is 6.74. The monoisotopic (exact) mass is 456 g/mol. The Balaban J connectivity index is 1.08. The van der Waals surface area contributed by atoms with Crippen molar-refractivity contribution in [1.82, 2.24) is 25.1 Å². The van der Waals surface area contributed by atoms with Gasteiger partial charge in [0, 0.05) is 31.3 Å². The van der Waals surface area contributed by atoms with Gasteiger partial charge >= 0.3 is 0 Å². The van der Waals surface area contributed by atoms with Gasteiger partial charge in [0.25, 0.3) is 0 Å². The van der Waals surface area contributed by atoms with E-state index >= 15 is 0 Å². The molecule has 6 rings (SSSR count). The van der Waals surface area contributed by atoms with Crippen LogP contribution >= 0.6 is 11.3 Å². The molecule has 165 valence electrons. The molecule has 0 spiro atoms. The highest BCUT2D eigenvalue weighted by atomic mass is 32.1. The molecule has 0 N–H and O–H groups in total. The number of aryl methyl sites for hydroxylation is 1. The first kappa shape index (κ1) is 20.3. The van der Waals surface area contributed by atoms with Crippen LogP contribution in [0.5, 0.6) is 5.75 Å². The summed E-state index contributed by atoms with van der Waals surface area (Å²) in [4.78, 5) is 17.4. The number of hydrogen-bond acceptors (Lipinski definition) is 8. The molecule has 33 heavy (non-hydrogen) atoms. The maximum Gasteiger partial charge on any atom is 0.241 e. The van der Waals surface area contributed by atoms with Gasteiger partial charge in [0.15, 0.2) is 0 Å². The van der Waals surface area contributed by atoms with E-state index < -0.39 is 0 Å². The van der Waals surface area contributed by atoms with E-state index in [1.165, 1.54) is 4.70 Å². The summed E-state index contributed by atoms with van der Waals surface area (Å²) in [6.45, 7) is 6.97. The van der Waals surface area contributed by atoms with E-state index in [1.807, 2.05) is 48.4 Å². The molecule has 0 bridgehead atoms. The van der Waals surface area contributed by atoms with E-state index in [9.17, 15) is 0 Å². The number of rotatable bonds is 5. The molecule has 0 aliphatic carbocycles. The maximum atomic E-state index is 6.06. The van der Waals surface area contributed by atoms with Crippen LogP contribution in [-0.4, -0.2) is 44.7 Å². The van der Waals surface area contributed by atoms with E-state index in [-0.39, 0.29) is 0 Å². The van der Waals surface area contributed by atoms with Gasteiger partial charge in [-0.2, -0.15) is 4.98 Å². The van der Waals surface area contributed by atoms with Gasteiger partial charge in [-0.05, 0) is 29.8 Å². The van der Waals surface area contributed by atoms with E-state index in [4.69, 9.17) is 9.36 Å². The van der Waals surface area contributed by atoms with Gasteiger partial charge < -0.3 is 9.36 Å². The van der Waals surface area contributed by atoms with Crippen LogP contribution < -0.4 is 4.84 Å². The molecule has 7 nitrogen and oxygen atoms in total. The molecule has 1 saturated heterocycles. The Kier molecular flexibility index (Phi) is 5.26. The highest BCUT2D eigenvalue weighted by Gasteiger charge is 2.21. The lowest BCUT2D eigenvalue weighted by Gasteiger charge is -2.32. The van der Waals surface area contributed by atoms with E-state index in [2.05, 4.69) is 50.8 Å². The van der Waals surface area contributed by atoms with Crippen LogP contribution in [0, 0.1) is 13.5 Å². The fourth-order valence-electron chi connectivity index (χ4n) is 4.11. The Morgan fingerprint density at radius 2 is 1.94 bits per heavy atom. The highest BCUT2D eigenvalue weighted by molar-refractivity contribution is 7.18. The molecular formula is C25H22N5O2S. The van der Waals surface area contributed by atoms with Crippen molar-refractivity contribution in [2.45, 2.75) is 13.5 Å². The predicted octanol–water partition coefficient (Wildman–Crippen LogP) is 5.08. The molecule has 2 aromatic heterocycles. The SMILES string of the molecule is Cc1nc2cc(ON3C[CH]N(Cc4nc(-c5cccc6ccccc56)no4)CC3)ccc2s1. The highest BCUT2D eigenvalue weighted by Crippen LogP contribution is 2.28. The van der Waals surface area contributed by atoms with Gasteiger partial charge in [0.05, 0.1) is 28.3 Å². The smallest absolute Gasteiger partial charge is 0.241 e. The van der Waals surface area contributed by atoms with Crippen molar-refractivity contribution in [3.63, 3.8) is 0 Å². The van der Waals surface area contributed by atoms with Gasteiger partial charge in [0.1, 0.15) is 5.75 Å². The zero-order valence-electron chi connectivity index (χ0n) is 18.1. The zero-order valence-corrected chi connectivity index (χ0v) is 19.0. The molecule has 3 heterocycles. The summed E-state index contributed by atoms with van der Waals surface area (Å²) in [7, 11) is 0. The van der Waals surface area contributed by atoms with Crippen LogP contribution in [0.4, 0.5) is 0 Å². The third-order valence-corrected chi connectivity index (χ3v) is 6.67. The fourth-order valence-corrected chi connectivity index (χ4v) is 4.91. The summed E-state index contributed by atoms with van der Waals surface area (Å²) in [5, 5.41) is 9.53. The quantitative estimate of drug-likeness (QED) is 0.365. The van der Waals surface area contributed by atoms with Crippen LogP contribution in [0.1, 0.15) is 10.9 Å². The minimum atomic E-state index is 0.579. The lowest BCUT2D eigenvalue weighted by molar-refractivity contribution is -0.0778. The lowest BCUT2D eigenvalue weighted by atomic mass is 10.0. The lowest BCUT2D eigenvalue weighted by Crippen LogP contribution is -2.44. The normalized spacial score (nSPS) is 15.4. The second-order valence-corrected chi connectivity index (χ2v) is 9.27. The molecule has 1 fully saturated rings. The first-order valence-electron chi connectivity index (χ1n) is 10.9. The largest absolute Gasteiger partial charge is 0.406 e. The summed E-state index contributed by atoms with van der Waals surface area (Å²) >= 11 is 1.70. The standard InChI is InChI=1S/C25H22N5O2S/c1-17-26-22-15-19(9-10-23(22)33-17)32-30-13-11-29(12-14-30)16-24-27-25(28-31-24)21-8-4-6-18-5-2-3-7-20(18)21/h2-11,15H,12-14,16H2,1H3. The Morgan fingerprint density at radius 3 is 2.85 bits per heavy atom. The summed E-state index contributed by atoms with van der Waals surface area (Å²) in [6, 6.07) is 20.4. The molecule has 0 unspecified atom stereocenters. The molecule has 0 saturated carbocycles. The number of aromatic nitrogens is 3. The molecule has 5 aromatic rings. The average molecular weight is 457 g/mol. The van der Waals surface area contributed by atoms with Gasteiger partial charge in [-0.3, -0.25) is 4.90 Å². The summed E-state index contributed by atoms with van der Waals surface area (Å²) in [5.74, 6) is 2.04. The molecule has 3 aromatic carbocycles. The fraction of sp³-hybridized carbons (Fsp3) is 0.200. The second-order valence-electron chi connectivity index (χ2n) is 8.03. The minimum Gasteiger partial charge on any atom is -0.406 e. The van der Waals surface area contributed by atoms with Gasteiger partial charge in [-0.1, -0.05) is 47.6 Å². The van der Waals surface area contributed by atoms with Crippen molar-refractivity contribution < 1.29 is 9.36 Å². The Hall–Kier alpha value is -3.33. The maximum absolute atomic E-state index is 6.06. The second kappa shape index (κ2) is 8.55. The Labute approximate surface area is 195 Å². The molecule has 0 amide bonds. The molecule has 1 radical (unpaired) electrons. The van der Waals surface area contributed by atoms with Crippen LogP contribution in [0.3, 0.4) is 0 Å². The number of hydrogen-bond donors (Lipinski definition) is 0. The first-order valence-corrected chi connectivity index (χ1v) is 11.7. The van der Waals surface area contributed by atoms with Crippen molar-refractivity contribution in [1.29, 1.82) is 0 Å². The van der Waals surface area contributed by atoms with Gasteiger partial charge in [-0.25, -0.2) is 4.98 Å². The Morgan fingerprint density at radius 1 is 1.03 bits per heavy atom. The van der Waals surface area contributed by atoms with E-state index in [0.717, 1.165) is 45.7 Å². The summed E-state index contributed by atoms with van der Waals surface area (Å²) in [5.41, 5.74) is 1.97. The van der Waals surface area contributed by atoms with Crippen LogP contribution in [0.25, 0.3) is 32.4 Å². The molecule has 8 heteroatoms. The van der Waals surface area contributed by atoms with E-state index in [1.54, 1.807) is 11.3 Å². The number of thiazole rings is 1. The van der Waals surface area contributed by atoms with Crippen molar-refractivity contribution in [3.8, 4) is 17.1 Å². The number of piperazine rings is 1. The molecule has 0 atom stereocenters. The third-order valence-electron chi connectivity index (χ3n) is 5.72. The zero-order chi connectivity index (χ0) is 22.2. The third kappa shape index (κ3) is 4.20. The number of fused-ring (bicyclic) bond motifs is 2. The van der Waals surface area contributed by atoms with Crippen LogP contribution in [0.2, 0.25) is 0 Å². The number of nitrogens with zero attached hydrogens (tertiary/aromatic N) is 5. The Bertz CT molecular complexity index is 1420. The first-order chi connectivity index (χ1) is 16.2. The van der Waals surface area contributed by atoms with Gasteiger partial charge in [0.2, 0.25) is 11.7 Å². The molecular weight excluding hydrogens is 434 g/mol. The molecule has 1 aliphatic heterocycles. The predicted molar refractivity (Wildman–Crippen MR) is 129 cm³/mol. The molecule has 1 aliphatic rings. The summed E-state index contributed by atoms with van der Waals surface area (Å²) in [6.07, 6.45) is 0. The van der Waals surface area contributed by atoms with Crippen LogP contribution in [-0.2, 0) is 6.54 Å². The average Bonchev–Trinajstić information content (AvgIpc) is 3.45. The topological polar surface area (TPSA) is 67.5 Å². The van der Waals surface area contributed by atoms with E-state index in [0.29, 0.717) is 24.8 Å². The van der Waals surface area contributed by atoms with Gasteiger partial charge in [-0.15, -0.1) is 16.4 Å². The number of benzene rings is 3. The van der Waals surface area contributed by atoms with Crippen molar-refractivity contribution in [2.24, 2.45) is 0 Å². The number of hydroxylamine groups is 2. The minimum absolute atomic E-state index is 0.579. The van der Waals surface area contributed by atoms with Crippen LogP contribution in [0.15, 0.2) is 65.2 Å². The van der Waals surface area contributed by atoms with Crippen molar-refractivity contribution >= 4 is 32.3 Å².